The third-order valence-electron chi connectivity index (χ3n) is 5.05. The summed E-state index contributed by atoms with van der Waals surface area (Å²) in [6.07, 6.45) is 8.96. The van der Waals surface area contributed by atoms with Gasteiger partial charge in [0.25, 0.3) is 0 Å². The number of aromatic nitrogens is 1. The van der Waals surface area contributed by atoms with Crippen LogP contribution in [-0.4, -0.2) is 24.1 Å². The fourth-order valence-corrected chi connectivity index (χ4v) is 3.80. The van der Waals surface area contributed by atoms with Gasteiger partial charge in [0.05, 0.1) is 0 Å². The van der Waals surface area contributed by atoms with E-state index in [4.69, 9.17) is 0 Å². The summed E-state index contributed by atoms with van der Waals surface area (Å²) < 4.78 is 0. The molecule has 0 amide bonds. The Morgan fingerprint density at radius 1 is 1.16 bits per heavy atom. The number of nitrogens with zero attached hydrogens (tertiary/aromatic N) is 2. The predicted octanol–water partition coefficient (Wildman–Crippen LogP) is 2.57. The Morgan fingerprint density at radius 2 is 1.95 bits per heavy atom. The number of anilines is 1. The van der Waals surface area contributed by atoms with Crippen LogP contribution in [0.1, 0.15) is 37.7 Å². The molecule has 0 bridgehead atoms. The van der Waals surface area contributed by atoms with Crippen molar-refractivity contribution in [2.45, 2.75) is 44.7 Å². The molecule has 102 valence electrons. The quantitative estimate of drug-likeness (QED) is 0.898. The topological polar surface area (TPSA) is 28.2 Å². The molecule has 0 radical (unpaired) electrons. The fourth-order valence-electron chi connectivity index (χ4n) is 3.80. The molecule has 4 rings (SSSR count). The lowest BCUT2D eigenvalue weighted by Crippen LogP contribution is -2.25. The van der Waals surface area contributed by atoms with Crippen LogP contribution in [0.4, 0.5) is 5.82 Å². The maximum Gasteiger partial charge on any atom is 0.133 e. The summed E-state index contributed by atoms with van der Waals surface area (Å²) in [6.45, 7) is 3.45. The highest BCUT2D eigenvalue weighted by atomic mass is 15.2. The molecule has 2 heterocycles. The van der Waals surface area contributed by atoms with Crippen LogP contribution in [0.3, 0.4) is 0 Å². The van der Waals surface area contributed by atoms with Crippen molar-refractivity contribution in [3.05, 3.63) is 23.9 Å². The van der Waals surface area contributed by atoms with Crippen LogP contribution < -0.4 is 10.2 Å². The molecule has 1 aliphatic heterocycles. The van der Waals surface area contributed by atoms with Crippen molar-refractivity contribution < 1.29 is 0 Å². The molecule has 3 nitrogen and oxygen atoms in total. The molecule has 2 atom stereocenters. The lowest BCUT2D eigenvalue weighted by atomic mass is 10.0. The first-order chi connectivity index (χ1) is 9.40. The molecule has 3 fully saturated rings. The Labute approximate surface area is 115 Å². The lowest BCUT2D eigenvalue weighted by Gasteiger charge is -2.21. The van der Waals surface area contributed by atoms with Gasteiger partial charge in [-0.05, 0) is 43.6 Å². The van der Waals surface area contributed by atoms with Crippen LogP contribution in [0, 0.1) is 11.8 Å². The van der Waals surface area contributed by atoms with Gasteiger partial charge >= 0.3 is 0 Å². The summed E-state index contributed by atoms with van der Waals surface area (Å²) in [5.74, 6) is 3.11. The van der Waals surface area contributed by atoms with Crippen molar-refractivity contribution in [1.82, 2.24) is 10.3 Å². The normalized spacial score (nSPS) is 29.8. The Hall–Kier alpha value is -1.09. The van der Waals surface area contributed by atoms with E-state index in [1.807, 2.05) is 6.20 Å². The van der Waals surface area contributed by atoms with Crippen molar-refractivity contribution in [3.8, 4) is 0 Å². The average molecular weight is 257 g/mol. The molecule has 1 N–H and O–H groups in total. The molecule has 2 aliphatic carbocycles. The van der Waals surface area contributed by atoms with E-state index in [-0.39, 0.29) is 0 Å². The van der Waals surface area contributed by atoms with E-state index < -0.39 is 0 Å². The summed E-state index contributed by atoms with van der Waals surface area (Å²) in [6, 6.07) is 5.09. The van der Waals surface area contributed by atoms with Crippen molar-refractivity contribution in [3.63, 3.8) is 0 Å². The SMILES string of the molecule is c1cnc(N2CC3CCCC3C2)c(CNC2CC2)c1. The van der Waals surface area contributed by atoms with Crippen LogP contribution >= 0.6 is 0 Å². The van der Waals surface area contributed by atoms with Crippen LogP contribution in [0.5, 0.6) is 0 Å². The number of rotatable bonds is 4. The summed E-state index contributed by atoms with van der Waals surface area (Å²) in [5, 5.41) is 3.62. The summed E-state index contributed by atoms with van der Waals surface area (Å²) >= 11 is 0. The Morgan fingerprint density at radius 3 is 2.68 bits per heavy atom. The molecule has 0 aromatic carbocycles. The zero-order chi connectivity index (χ0) is 12.7. The third kappa shape index (κ3) is 2.36. The monoisotopic (exact) mass is 257 g/mol. The molecule has 1 saturated heterocycles. The number of nitrogens with one attached hydrogen (secondary N) is 1. The number of pyridine rings is 1. The van der Waals surface area contributed by atoms with Crippen molar-refractivity contribution in [1.29, 1.82) is 0 Å². The van der Waals surface area contributed by atoms with Crippen molar-refractivity contribution in [2.24, 2.45) is 11.8 Å². The number of hydrogen-bond acceptors (Lipinski definition) is 3. The van der Waals surface area contributed by atoms with E-state index in [0.717, 1.165) is 24.4 Å². The van der Waals surface area contributed by atoms with Crippen LogP contribution in [0.15, 0.2) is 18.3 Å². The second kappa shape index (κ2) is 4.78. The molecular weight excluding hydrogens is 234 g/mol. The highest BCUT2D eigenvalue weighted by molar-refractivity contribution is 5.48. The van der Waals surface area contributed by atoms with Gasteiger partial charge in [-0.2, -0.15) is 0 Å². The number of hydrogen-bond donors (Lipinski definition) is 1. The van der Waals surface area contributed by atoms with E-state index in [1.54, 1.807) is 0 Å². The molecular formula is C16H23N3. The van der Waals surface area contributed by atoms with Crippen LogP contribution in [-0.2, 0) is 6.54 Å². The van der Waals surface area contributed by atoms with Gasteiger partial charge in [0.2, 0.25) is 0 Å². The first-order valence-electron chi connectivity index (χ1n) is 7.82. The minimum atomic E-state index is 0.769. The Bertz CT molecular complexity index is 443. The van der Waals surface area contributed by atoms with Gasteiger partial charge in [-0.25, -0.2) is 4.98 Å². The molecule has 1 aromatic heterocycles. The van der Waals surface area contributed by atoms with Gasteiger partial charge < -0.3 is 10.2 Å². The van der Waals surface area contributed by atoms with Gasteiger partial charge in [-0.15, -0.1) is 0 Å². The second-order valence-electron chi connectivity index (χ2n) is 6.50. The zero-order valence-corrected chi connectivity index (χ0v) is 11.5. The van der Waals surface area contributed by atoms with Crippen molar-refractivity contribution in [2.75, 3.05) is 18.0 Å². The summed E-state index contributed by atoms with van der Waals surface area (Å²) in [4.78, 5) is 7.21. The standard InChI is InChI=1S/C16H23N3/c1-3-13-10-19(11-14(13)4-1)16-12(5-2-8-17-16)9-18-15-6-7-15/h2,5,8,13-15,18H,1,3-4,6-7,9-11H2. The first kappa shape index (κ1) is 11.7. The van der Waals surface area contributed by atoms with E-state index in [9.17, 15) is 0 Å². The summed E-state index contributed by atoms with van der Waals surface area (Å²) in [7, 11) is 0. The van der Waals surface area contributed by atoms with E-state index >= 15 is 0 Å². The maximum atomic E-state index is 4.67. The second-order valence-corrected chi connectivity index (χ2v) is 6.50. The maximum absolute atomic E-state index is 4.67. The molecule has 2 unspecified atom stereocenters. The molecule has 3 heteroatoms. The minimum absolute atomic E-state index is 0.769. The first-order valence-corrected chi connectivity index (χ1v) is 7.82. The third-order valence-corrected chi connectivity index (χ3v) is 5.05. The van der Waals surface area contributed by atoms with E-state index in [1.165, 1.54) is 56.6 Å². The lowest BCUT2D eigenvalue weighted by molar-refractivity contribution is 0.494. The highest BCUT2D eigenvalue weighted by Crippen LogP contribution is 2.39. The van der Waals surface area contributed by atoms with Gasteiger partial charge in [0.15, 0.2) is 0 Å². The van der Waals surface area contributed by atoms with Gasteiger partial charge in [-0.3, -0.25) is 0 Å². The van der Waals surface area contributed by atoms with E-state index in [0.29, 0.717) is 0 Å². The molecule has 3 aliphatic rings. The highest BCUT2D eigenvalue weighted by Gasteiger charge is 2.37. The molecule has 1 aromatic rings. The van der Waals surface area contributed by atoms with Crippen LogP contribution in [0.25, 0.3) is 0 Å². The number of fused-ring (bicyclic) bond motifs is 1. The van der Waals surface area contributed by atoms with Gasteiger partial charge in [-0.1, -0.05) is 12.5 Å². The Balaban J connectivity index is 1.50. The van der Waals surface area contributed by atoms with Gasteiger partial charge in [0, 0.05) is 37.4 Å². The minimum Gasteiger partial charge on any atom is -0.356 e. The molecule has 19 heavy (non-hydrogen) atoms. The largest absolute Gasteiger partial charge is 0.356 e. The average Bonchev–Trinajstić information content (AvgIpc) is 3.01. The molecule has 2 saturated carbocycles. The predicted molar refractivity (Wildman–Crippen MR) is 77.1 cm³/mol. The van der Waals surface area contributed by atoms with E-state index in [2.05, 4.69) is 27.3 Å². The summed E-state index contributed by atoms with van der Waals surface area (Å²) in [5.41, 5.74) is 1.38. The van der Waals surface area contributed by atoms with Gasteiger partial charge in [0.1, 0.15) is 5.82 Å². The van der Waals surface area contributed by atoms with Crippen molar-refractivity contribution >= 4 is 5.82 Å². The molecule has 0 spiro atoms. The van der Waals surface area contributed by atoms with Crippen LogP contribution in [0.2, 0.25) is 0 Å². The zero-order valence-electron chi connectivity index (χ0n) is 11.5. The Kier molecular flexibility index (Phi) is 2.95. The smallest absolute Gasteiger partial charge is 0.133 e. The fraction of sp³-hybridized carbons (Fsp3) is 0.688.